The van der Waals surface area contributed by atoms with E-state index in [9.17, 15) is 4.79 Å². The summed E-state index contributed by atoms with van der Waals surface area (Å²) in [5.41, 5.74) is 5.86. The number of carbonyl (C=O) groups excluding carboxylic acids is 1. The van der Waals surface area contributed by atoms with E-state index in [2.05, 4.69) is 74.0 Å². The third-order valence-corrected chi connectivity index (χ3v) is 7.59. The van der Waals surface area contributed by atoms with E-state index in [0.29, 0.717) is 6.42 Å². The predicted molar refractivity (Wildman–Crippen MR) is 127 cm³/mol. The molecule has 1 fully saturated rings. The lowest BCUT2D eigenvalue weighted by atomic mass is 9.50. The normalized spacial score (nSPS) is 25.3. The van der Waals surface area contributed by atoms with Crippen molar-refractivity contribution in [3.8, 4) is 16.9 Å². The number of aromatic nitrogens is 2. The molecule has 4 heteroatoms. The van der Waals surface area contributed by atoms with Crippen LogP contribution in [0.4, 0.5) is 0 Å². The molecule has 1 heterocycles. The molecule has 3 aromatic rings. The van der Waals surface area contributed by atoms with E-state index >= 15 is 0 Å². The molecule has 0 bridgehead atoms. The lowest BCUT2D eigenvalue weighted by Gasteiger charge is -2.53. The van der Waals surface area contributed by atoms with Gasteiger partial charge in [0.1, 0.15) is 0 Å². The zero-order valence-electron chi connectivity index (χ0n) is 19.3. The maximum Gasteiger partial charge on any atom is 0.167 e. The molecule has 0 aliphatic heterocycles. The van der Waals surface area contributed by atoms with E-state index in [-0.39, 0.29) is 17.1 Å². The van der Waals surface area contributed by atoms with Gasteiger partial charge in [-0.1, -0.05) is 69.3 Å². The van der Waals surface area contributed by atoms with Gasteiger partial charge in [-0.3, -0.25) is 4.79 Å². The third kappa shape index (κ3) is 2.96. The number of hydrogen-bond donors (Lipinski definition) is 0. The van der Waals surface area contributed by atoms with E-state index < -0.39 is 5.41 Å². The first-order chi connectivity index (χ1) is 15.4. The van der Waals surface area contributed by atoms with Gasteiger partial charge in [0.05, 0.1) is 30.4 Å². The Morgan fingerprint density at radius 1 is 1.03 bits per heavy atom. The number of ether oxygens (including phenoxy) is 1. The van der Waals surface area contributed by atoms with Gasteiger partial charge in [0.2, 0.25) is 0 Å². The summed E-state index contributed by atoms with van der Waals surface area (Å²) in [5, 5.41) is 5.19. The Morgan fingerprint density at radius 2 is 1.69 bits per heavy atom. The van der Waals surface area contributed by atoms with Crippen LogP contribution in [0.25, 0.3) is 16.9 Å². The van der Waals surface area contributed by atoms with E-state index in [1.165, 1.54) is 11.3 Å². The minimum atomic E-state index is -0.465. The molecule has 0 N–H and O–H groups in total. The molecule has 0 amide bonds. The summed E-state index contributed by atoms with van der Waals surface area (Å²) in [4.78, 5) is 13.4. The van der Waals surface area contributed by atoms with Crippen LogP contribution in [0.5, 0.6) is 0 Å². The lowest BCUT2D eigenvalue weighted by molar-refractivity contribution is -0.131. The molecular weight excluding hydrogens is 396 g/mol. The molecule has 5 rings (SSSR count). The second-order valence-electron chi connectivity index (χ2n) is 9.90. The molecule has 0 unspecified atom stereocenters. The van der Waals surface area contributed by atoms with Crippen LogP contribution in [0.1, 0.15) is 44.9 Å². The summed E-state index contributed by atoms with van der Waals surface area (Å²) in [6.07, 6.45) is 4.21. The zero-order chi connectivity index (χ0) is 22.5. The van der Waals surface area contributed by atoms with Gasteiger partial charge >= 0.3 is 0 Å². The Hall–Kier alpha value is -3.14. The number of hydrogen-bond acceptors (Lipinski definition) is 3. The molecule has 32 heavy (non-hydrogen) atoms. The number of benzene rings is 2. The third-order valence-electron chi connectivity index (χ3n) is 7.59. The van der Waals surface area contributed by atoms with Crippen LogP contribution in [0, 0.1) is 11.3 Å². The summed E-state index contributed by atoms with van der Waals surface area (Å²) in [6, 6.07) is 20.8. The van der Waals surface area contributed by atoms with Gasteiger partial charge < -0.3 is 4.74 Å². The highest BCUT2D eigenvalue weighted by molar-refractivity contribution is 6.01. The topological polar surface area (TPSA) is 44.1 Å². The fourth-order valence-electron chi connectivity index (χ4n) is 6.28. The Bertz CT molecular complexity index is 1190. The van der Waals surface area contributed by atoms with Crippen LogP contribution in [-0.2, 0) is 21.4 Å². The minimum Gasteiger partial charge on any atom is -0.504 e. The summed E-state index contributed by atoms with van der Waals surface area (Å²) in [6.45, 7) is 6.53. The maximum absolute atomic E-state index is 13.4. The van der Waals surface area contributed by atoms with Gasteiger partial charge in [-0.15, -0.1) is 0 Å². The van der Waals surface area contributed by atoms with Crippen LogP contribution >= 0.6 is 0 Å². The summed E-state index contributed by atoms with van der Waals surface area (Å²) in [5.74, 6) is 0.436. The van der Waals surface area contributed by atoms with Crippen molar-refractivity contribution < 1.29 is 9.53 Å². The zero-order valence-corrected chi connectivity index (χ0v) is 19.3. The van der Waals surface area contributed by atoms with Crippen molar-refractivity contribution in [3.63, 3.8) is 0 Å². The van der Waals surface area contributed by atoms with Crippen molar-refractivity contribution in [2.45, 2.75) is 45.4 Å². The molecule has 2 aliphatic rings. The number of ketones is 1. The largest absolute Gasteiger partial charge is 0.504 e. The Kier molecular flexibility index (Phi) is 4.85. The first kappa shape index (κ1) is 20.7. The van der Waals surface area contributed by atoms with Crippen molar-refractivity contribution in [1.29, 1.82) is 0 Å². The van der Waals surface area contributed by atoms with E-state index in [0.717, 1.165) is 35.4 Å². The van der Waals surface area contributed by atoms with Gasteiger partial charge in [-0.05, 0) is 37.3 Å². The molecule has 0 saturated heterocycles. The van der Waals surface area contributed by atoms with Crippen LogP contribution in [0.15, 0.2) is 72.5 Å². The number of Topliss-reactive ketones (excluding diaryl/α,β-unsaturated/α-hetero) is 1. The molecule has 2 aliphatic carbocycles. The number of carbonyl (C=O) groups is 1. The fraction of sp³-hybridized carbons (Fsp3) is 0.357. The molecular formula is C28H30N2O2. The smallest absolute Gasteiger partial charge is 0.167 e. The number of nitrogens with zero attached hydrogens (tertiary/aromatic N) is 2. The van der Waals surface area contributed by atoms with Gasteiger partial charge in [0, 0.05) is 27.5 Å². The second kappa shape index (κ2) is 7.47. The molecule has 0 radical (unpaired) electrons. The molecule has 2 atom stereocenters. The number of methoxy groups -OCH3 is 1. The van der Waals surface area contributed by atoms with Crippen LogP contribution in [0.3, 0.4) is 0 Å². The minimum absolute atomic E-state index is 0.208. The van der Waals surface area contributed by atoms with Crippen molar-refractivity contribution in [2.75, 3.05) is 7.11 Å². The molecule has 0 spiro atoms. The van der Waals surface area contributed by atoms with E-state index in [4.69, 9.17) is 9.84 Å². The van der Waals surface area contributed by atoms with E-state index in [1.807, 2.05) is 12.1 Å². The first-order valence-corrected chi connectivity index (χ1v) is 11.4. The molecule has 4 nitrogen and oxygen atoms in total. The Balaban J connectivity index is 1.79. The highest BCUT2D eigenvalue weighted by Gasteiger charge is 2.57. The quantitative estimate of drug-likeness (QED) is 0.387. The van der Waals surface area contributed by atoms with Gasteiger partial charge in [0.25, 0.3) is 0 Å². The average molecular weight is 427 g/mol. The molecule has 164 valence electrons. The molecule has 1 aromatic heterocycles. The Morgan fingerprint density at radius 3 is 2.34 bits per heavy atom. The lowest BCUT2D eigenvalue weighted by Crippen LogP contribution is -2.53. The van der Waals surface area contributed by atoms with Crippen LogP contribution in [0.2, 0.25) is 0 Å². The van der Waals surface area contributed by atoms with Crippen LogP contribution in [-0.4, -0.2) is 22.7 Å². The molecule has 2 aromatic carbocycles. The van der Waals surface area contributed by atoms with Gasteiger partial charge in [-0.25, -0.2) is 4.68 Å². The highest BCUT2D eigenvalue weighted by atomic mass is 16.5. The summed E-state index contributed by atoms with van der Waals surface area (Å²) in [7, 11) is 1.62. The summed E-state index contributed by atoms with van der Waals surface area (Å²) < 4.78 is 7.48. The fourth-order valence-corrected chi connectivity index (χ4v) is 6.28. The number of para-hydroxylation sites is 1. The maximum atomic E-state index is 13.4. The van der Waals surface area contributed by atoms with Crippen molar-refractivity contribution in [3.05, 3.63) is 83.8 Å². The van der Waals surface area contributed by atoms with Gasteiger partial charge in [-0.2, -0.15) is 5.10 Å². The first-order valence-electron chi connectivity index (χ1n) is 11.4. The highest BCUT2D eigenvalue weighted by Crippen LogP contribution is 2.58. The standard InChI is InChI=1S/C28H30N2O2/c1-27(2)23-16-15-22-24(19-11-7-5-8-12-19)29-30(21-13-9-6-10-14-21)25(22)28(23,3)17-20(18-32-4)26(27)31/h5-14,18,23H,15-17H2,1-4H3/b20-18-/t23-,28-/m0/s1. The van der Waals surface area contributed by atoms with E-state index in [1.54, 1.807) is 13.4 Å². The van der Waals surface area contributed by atoms with Crippen LogP contribution < -0.4 is 0 Å². The van der Waals surface area contributed by atoms with Crippen molar-refractivity contribution in [2.24, 2.45) is 11.3 Å². The SMILES string of the molecule is CO/C=C1/C[C@]2(C)c3c(c(-c4ccccc4)nn3-c3ccccc3)CC[C@H]2C(C)(C)C1=O. The average Bonchev–Trinajstić information content (AvgIpc) is 3.20. The number of rotatable bonds is 3. The molecule has 1 saturated carbocycles. The summed E-state index contributed by atoms with van der Waals surface area (Å²) >= 11 is 0. The number of fused-ring (bicyclic) bond motifs is 3. The van der Waals surface area contributed by atoms with Gasteiger partial charge in [0.15, 0.2) is 5.78 Å². The van der Waals surface area contributed by atoms with Crippen molar-refractivity contribution >= 4 is 5.78 Å². The van der Waals surface area contributed by atoms with Crippen molar-refractivity contribution in [1.82, 2.24) is 9.78 Å². The number of allylic oxidation sites excluding steroid dienone is 1. The monoisotopic (exact) mass is 426 g/mol. The predicted octanol–water partition coefficient (Wildman–Crippen LogP) is 5.89. The Labute approximate surface area is 189 Å². The second-order valence-corrected chi connectivity index (χ2v) is 9.90.